The van der Waals surface area contributed by atoms with Gasteiger partial charge in [0.1, 0.15) is 11.3 Å². The number of anilines is 3. The van der Waals surface area contributed by atoms with Gasteiger partial charge in [0.2, 0.25) is 11.8 Å². The molecule has 3 atom stereocenters. The Morgan fingerprint density at radius 1 is 1.02 bits per heavy atom. The molecule has 1 N–H and O–H groups in total. The number of nitriles is 1. The fourth-order valence-corrected chi connectivity index (χ4v) is 10.0. The Bertz CT molecular complexity index is 2260. The molecule has 3 aromatic rings. The summed E-state index contributed by atoms with van der Waals surface area (Å²) in [5.74, 6) is -0.475. The van der Waals surface area contributed by atoms with Crippen LogP contribution in [-0.4, -0.2) is 110 Å². The Hall–Kier alpha value is -4.96. The minimum Gasteiger partial charge on any atom is -0.376 e. The van der Waals surface area contributed by atoms with Gasteiger partial charge in [-0.2, -0.15) is 23.5 Å². The maximum atomic E-state index is 13.7. The van der Waals surface area contributed by atoms with Crippen LogP contribution in [0.1, 0.15) is 90.2 Å². The van der Waals surface area contributed by atoms with Crippen LogP contribution in [0.5, 0.6) is 0 Å². The van der Waals surface area contributed by atoms with E-state index in [1.165, 1.54) is 6.07 Å². The summed E-state index contributed by atoms with van der Waals surface area (Å²) in [6, 6.07) is 10.3. The van der Waals surface area contributed by atoms with Gasteiger partial charge in [-0.1, -0.05) is 6.07 Å². The lowest BCUT2D eigenvalue weighted by Gasteiger charge is -2.42. The van der Waals surface area contributed by atoms with Gasteiger partial charge in [-0.25, -0.2) is 0 Å². The molecule has 3 aliphatic heterocycles. The molecule has 61 heavy (non-hydrogen) atoms. The van der Waals surface area contributed by atoms with Crippen LogP contribution in [0.25, 0.3) is 10.9 Å². The third-order valence-corrected chi connectivity index (χ3v) is 12.9. The lowest BCUT2D eigenvalue weighted by molar-refractivity contribution is -0.138. The molecule has 18 heteroatoms. The van der Waals surface area contributed by atoms with Crippen LogP contribution in [0.2, 0.25) is 0 Å². The van der Waals surface area contributed by atoms with Crippen molar-refractivity contribution in [1.82, 2.24) is 19.6 Å². The Morgan fingerprint density at radius 2 is 1.69 bits per heavy atom. The number of nitrogens with zero attached hydrogens (tertiary/aromatic N) is 7. The van der Waals surface area contributed by atoms with Crippen molar-refractivity contribution in [2.75, 3.05) is 41.4 Å². The van der Waals surface area contributed by atoms with Gasteiger partial charge in [-0.05, 0) is 109 Å². The van der Waals surface area contributed by atoms with E-state index in [4.69, 9.17) is 21.7 Å². The summed E-state index contributed by atoms with van der Waals surface area (Å²) in [5, 5.41) is 17.7. The summed E-state index contributed by atoms with van der Waals surface area (Å²) in [6.07, 6.45) is -0.357. The van der Waals surface area contributed by atoms with Crippen LogP contribution in [-0.2, 0) is 41.9 Å². The number of hydrogen-bond acceptors (Lipinski definition) is 10. The number of para-hydroxylation sites is 1. The number of fused-ring (bicyclic) bond motifs is 1. The van der Waals surface area contributed by atoms with Crippen molar-refractivity contribution in [3.63, 3.8) is 0 Å². The molecule has 3 saturated heterocycles. The van der Waals surface area contributed by atoms with Crippen molar-refractivity contribution in [1.29, 1.82) is 5.26 Å². The zero-order valence-electron chi connectivity index (χ0n) is 35.0. The van der Waals surface area contributed by atoms with E-state index in [1.54, 1.807) is 36.5 Å². The van der Waals surface area contributed by atoms with Gasteiger partial charge in [0.05, 0.1) is 72.5 Å². The normalized spacial score (nSPS) is 25.1. The molecule has 0 spiro atoms. The molecule has 1 aromatic heterocycles. The van der Waals surface area contributed by atoms with Crippen molar-refractivity contribution in [3.05, 3.63) is 47.5 Å². The molecule has 0 bridgehead atoms. The van der Waals surface area contributed by atoms with Crippen molar-refractivity contribution >= 4 is 68.9 Å². The number of benzene rings is 2. The van der Waals surface area contributed by atoms with Gasteiger partial charge >= 0.3 is 6.18 Å². The van der Waals surface area contributed by atoms with Crippen LogP contribution >= 0.6 is 12.2 Å². The predicted octanol–water partition coefficient (Wildman–Crippen LogP) is 6.10. The summed E-state index contributed by atoms with van der Waals surface area (Å²) in [6.45, 7) is 8.92. The van der Waals surface area contributed by atoms with E-state index < -0.39 is 28.7 Å². The zero-order valence-corrected chi connectivity index (χ0v) is 35.8. The highest BCUT2D eigenvalue weighted by Crippen LogP contribution is 2.41. The number of alkyl halides is 3. The average Bonchev–Trinajstić information content (AvgIpc) is 3.62. The summed E-state index contributed by atoms with van der Waals surface area (Å²) in [5.41, 5.74) is -1.46. The van der Waals surface area contributed by atoms with Crippen molar-refractivity contribution in [3.8, 4) is 6.07 Å². The van der Waals surface area contributed by atoms with Gasteiger partial charge in [-0.3, -0.25) is 38.6 Å². The van der Waals surface area contributed by atoms with Crippen LogP contribution in [0, 0.1) is 11.3 Å². The molecule has 7 rings (SSSR count). The molecule has 2 aromatic carbocycles. The lowest BCUT2D eigenvalue weighted by Crippen LogP contribution is -2.51. The predicted molar refractivity (Wildman–Crippen MR) is 225 cm³/mol. The van der Waals surface area contributed by atoms with E-state index in [-0.39, 0.29) is 84.7 Å². The number of nitrogens with one attached hydrogen (secondary N) is 1. The smallest absolute Gasteiger partial charge is 0.376 e. The first-order valence-corrected chi connectivity index (χ1v) is 21.2. The SMILES string of the molecule is C[C@@H]1CC(OCCOC2CCC(N3C(=S)N(c4ccc(C#N)c(C(F)(F)F)c4)C(=O)C3(C)C)CC2)C[C@H](C)N1CC(=O)Nc1cccc2c(N3CCC(=O)CC3=O)nn(C)c12. The van der Waals surface area contributed by atoms with E-state index in [1.807, 2.05) is 23.1 Å². The highest BCUT2D eigenvalue weighted by molar-refractivity contribution is 7.80. The minimum atomic E-state index is -4.77. The summed E-state index contributed by atoms with van der Waals surface area (Å²) in [7, 11) is 1.76. The number of aromatic nitrogens is 2. The number of ether oxygens (including phenoxy) is 2. The molecule has 326 valence electrons. The molecular weight excluding hydrogens is 814 g/mol. The van der Waals surface area contributed by atoms with E-state index in [9.17, 15) is 37.6 Å². The number of ketones is 1. The number of carbonyl (C=O) groups excluding carboxylic acids is 4. The fraction of sp³-hybridized carbons (Fsp3) is 0.558. The van der Waals surface area contributed by atoms with Gasteiger partial charge in [0.15, 0.2) is 10.9 Å². The van der Waals surface area contributed by atoms with Crippen LogP contribution < -0.4 is 15.1 Å². The first-order valence-electron chi connectivity index (χ1n) is 20.7. The second-order valence-corrected chi connectivity index (χ2v) is 17.4. The molecule has 4 heterocycles. The van der Waals surface area contributed by atoms with Crippen LogP contribution in [0.3, 0.4) is 0 Å². The van der Waals surface area contributed by atoms with Gasteiger partial charge in [0, 0.05) is 43.5 Å². The van der Waals surface area contributed by atoms with Gasteiger partial charge in [-0.15, -0.1) is 0 Å². The van der Waals surface area contributed by atoms with Crippen molar-refractivity contribution < 1.29 is 41.8 Å². The first kappa shape index (κ1) is 44.1. The van der Waals surface area contributed by atoms with E-state index in [0.717, 1.165) is 35.3 Å². The molecule has 14 nitrogen and oxygen atoms in total. The maximum absolute atomic E-state index is 13.7. The summed E-state index contributed by atoms with van der Waals surface area (Å²) in [4.78, 5) is 58.2. The standard InChI is InChI=1S/C43H51F3N8O6S/c1-25-19-32(20-26(2)52(25)24-36(56)48-35-8-6-7-33-38(35)50(5)49-39(33)51-16-15-30(55)22-37(51)57)60-18-17-59-31-13-11-28(12-14-31)54-41(61)53(40(58)42(54,3)4)29-10-9-27(23-47)34(21-29)43(44,45)46/h6-10,21,25-26,28,31-32H,11-20,22,24H2,1-5H3,(H,48,56)/t25-,26+,28?,31?,32?. The van der Waals surface area contributed by atoms with Crippen LogP contribution in [0.15, 0.2) is 36.4 Å². The molecule has 4 fully saturated rings. The monoisotopic (exact) mass is 864 g/mol. The largest absolute Gasteiger partial charge is 0.417 e. The second kappa shape index (κ2) is 17.4. The number of halogens is 3. The Morgan fingerprint density at radius 3 is 2.33 bits per heavy atom. The number of hydrogen-bond donors (Lipinski definition) is 1. The van der Waals surface area contributed by atoms with E-state index >= 15 is 0 Å². The molecule has 3 amide bonds. The number of thiocarbonyl (C=S) groups is 1. The molecule has 1 saturated carbocycles. The molecule has 0 radical (unpaired) electrons. The van der Waals surface area contributed by atoms with E-state index in [0.29, 0.717) is 55.9 Å². The third kappa shape index (κ3) is 8.88. The number of amides is 3. The highest BCUT2D eigenvalue weighted by atomic mass is 32.1. The third-order valence-electron chi connectivity index (χ3n) is 12.5. The molecule has 1 aliphatic carbocycles. The number of piperidine rings is 2. The number of likely N-dealkylation sites (tertiary alicyclic amines) is 1. The van der Waals surface area contributed by atoms with Crippen molar-refractivity contribution in [2.24, 2.45) is 7.05 Å². The number of rotatable bonds is 11. The quantitative estimate of drug-likeness (QED) is 0.135. The lowest BCUT2D eigenvalue weighted by atomic mass is 9.89. The number of Topliss-reactive ketones (excluding diaryl/α,β-unsaturated/α-hetero) is 1. The Kier molecular flexibility index (Phi) is 12.6. The Balaban J connectivity index is 0.861. The molecule has 1 unspecified atom stereocenters. The molecule has 4 aliphatic rings. The topological polar surface area (TPSA) is 153 Å². The minimum absolute atomic E-state index is 0.000241. The summed E-state index contributed by atoms with van der Waals surface area (Å²) >= 11 is 5.74. The summed E-state index contributed by atoms with van der Waals surface area (Å²) < 4.78 is 55.4. The Labute approximate surface area is 357 Å². The second-order valence-electron chi connectivity index (χ2n) is 17.0. The first-order chi connectivity index (χ1) is 28.9. The van der Waals surface area contributed by atoms with Gasteiger partial charge in [0.25, 0.3) is 5.91 Å². The van der Waals surface area contributed by atoms with Crippen LogP contribution in [0.4, 0.5) is 30.4 Å². The highest BCUT2D eigenvalue weighted by Gasteiger charge is 2.52. The maximum Gasteiger partial charge on any atom is 0.417 e. The number of aryl methyl sites for hydroxylation is 1. The van der Waals surface area contributed by atoms with E-state index in [2.05, 4.69) is 29.2 Å². The average molecular weight is 865 g/mol. The van der Waals surface area contributed by atoms with Gasteiger partial charge < -0.3 is 19.7 Å². The molecular formula is C43H51F3N8O6S. The fourth-order valence-electron chi connectivity index (χ4n) is 9.48. The van der Waals surface area contributed by atoms with Crippen molar-refractivity contribution in [2.45, 2.75) is 121 Å². The number of carbonyl (C=O) groups is 4. The zero-order chi connectivity index (χ0) is 44.0.